The normalized spacial score (nSPS) is 29.7. The maximum atomic E-state index is 11.2. The summed E-state index contributed by atoms with van der Waals surface area (Å²) in [4.78, 5) is 13.8. The lowest BCUT2D eigenvalue weighted by atomic mass is 10.1. The van der Waals surface area contributed by atoms with Crippen LogP contribution in [0.3, 0.4) is 0 Å². The maximum absolute atomic E-state index is 11.2. The van der Waals surface area contributed by atoms with E-state index in [-0.39, 0.29) is 5.97 Å². The van der Waals surface area contributed by atoms with Gasteiger partial charge in [0.2, 0.25) is 0 Å². The van der Waals surface area contributed by atoms with Crippen LogP contribution < -0.4 is 0 Å². The molecular weight excluding hydrogens is 190 g/mol. The number of rotatable bonds is 3. The first-order chi connectivity index (χ1) is 7.26. The van der Waals surface area contributed by atoms with Crippen LogP contribution in [0.25, 0.3) is 0 Å². The van der Waals surface area contributed by atoms with Crippen molar-refractivity contribution in [2.24, 2.45) is 0 Å². The summed E-state index contributed by atoms with van der Waals surface area (Å²) < 4.78 is 4.68. The van der Waals surface area contributed by atoms with Crippen LogP contribution in [0.15, 0.2) is 11.6 Å². The van der Waals surface area contributed by atoms with E-state index in [2.05, 4.69) is 16.6 Å². The standard InChI is InChI=1S/C12H19NO2/c1-3-11-9(8-12(14)15-2)6-7-13(11)10-4-5-10/h8,10-11H,3-7H2,1-2H3/b9-8+. The molecule has 0 bridgehead atoms. The second kappa shape index (κ2) is 4.35. The molecule has 84 valence electrons. The number of hydrogen-bond acceptors (Lipinski definition) is 3. The largest absolute Gasteiger partial charge is 0.466 e. The van der Waals surface area contributed by atoms with Crippen molar-refractivity contribution in [1.82, 2.24) is 4.90 Å². The van der Waals surface area contributed by atoms with Gasteiger partial charge < -0.3 is 4.74 Å². The average Bonchev–Trinajstić information content (AvgIpc) is 3.01. The van der Waals surface area contributed by atoms with Crippen LogP contribution in [0.5, 0.6) is 0 Å². The summed E-state index contributed by atoms with van der Waals surface area (Å²) in [6.07, 6.45) is 6.49. The zero-order valence-corrected chi connectivity index (χ0v) is 9.53. The van der Waals surface area contributed by atoms with Crippen LogP contribution in [0.4, 0.5) is 0 Å². The summed E-state index contributed by atoms with van der Waals surface area (Å²) in [5.41, 5.74) is 1.26. The van der Waals surface area contributed by atoms with E-state index >= 15 is 0 Å². The minimum atomic E-state index is -0.207. The lowest BCUT2D eigenvalue weighted by Crippen LogP contribution is -2.31. The minimum Gasteiger partial charge on any atom is -0.466 e. The average molecular weight is 209 g/mol. The Morgan fingerprint density at radius 3 is 2.87 bits per heavy atom. The van der Waals surface area contributed by atoms with Crippen molar-refractivity contribution in [3.05, 3.63) is 11.6 Å². The fraction of sp³-hybridized carbons (Fsp3) is 0.750. The highest BCUT2D eigenvalue weighted by molar-refractivity contribution is 5.83. The van der Waals surface area contributed by atoms with Crippen molar-refractivity contribution in [2.75, 3.05) is 13.7 Å². The molecule has 1 aliphatic heterocycles. The van der Waals surface area contributed by atoms with Crippen molar-refractivity contribution in [3.63, 3.8) is 0 Å². The molecule has 2 rings (SSSR count). The highest BCUT2D eigenvalue weighted by Crippen LogP contribution is 2.36. The molecule has 15 heavy (non-hydrogen) atoms. The Bertz CT molecular complexity index is 281. The Morgan fingerprint density at radius 1 is 1.60 bits per heavy atom. The molecule has 1 aliphatic carbocycles. The summed E-state index contributed by atoms with van der Waals surface area (Å²) in [7, 11) is 1.44. The van der Waals surface area contributed by atoms with Crippen molar-refractivity contribution < 1.29 is 9.53 Å². The van der Waals surface area contributed by atoms with Crippen molar-refractivity contribution in [3.8, 4) is 0 Å². The van der Waals surface area contributed by atoms with Crippen molar-refractivity contribution in [2.45, 2.75) is 44.7 Å². The molecule has 1 saturated heterocycles. The van der Waals surface area contributed by atoms with Gasteiger partial charge in [-0.1, -0.05) is 6.92 Å². The van der Waals surface area contributed by atoms with Gasteiger partial charge in [0.25, 0.3) is 0 Å². The molecule has 3 heteroatoms. The Kier molecular flexibility index (Phi) is 3.10. The van der Waals surface area contributed by atoms with Crippen LogP contribution in [0.1, 0.15) is 32.6 Å². The number of nitrogens with zero attached hydrogens (tertiary/aromatic N) is 1. The molecule has 1 saturated carbocycles. The van der Waals surface area contributed by atoms with Crippen molar-refractivity contribution in [1.29, 1.82) is 0 Å². The minimum absolute atomic E-state index is 0.207. The molecule has 0 aromatic carbocycles. The third-order valence-electron chi connectivity index (χ3n) is 3.39. The van der Waals surface area contributed by atoms with Gasteiger partial charge in [-0.15, -0.1) is 0 Å². The van der Waals surface area contributed by atoms with Crippen LogP contribution in [-0.2, 0) is 9.53 Å². The first-order valence-corrected chi connectivity index (χ1v) is 5.80. The van der Waals surface area contributed by atoms with E-state index in [0.29, 0.717) is 6.04 Å². The predicted octanol–water partition coefficient (Wildman–Crippen LogP) is 1.73. The highest BCUT2D eigenvalue weighted by Gasteiger charge is 2.38. The zero-order valence-electron chi connectivity index (χ0n) is 9.53. The van der Waals surface area contributed by atoms with E-state index in [4.69, 9.17) is 0 Å². The summed E-state index contributed by atoms with van der Waals surface area (Å²) in [6, 6.07) is 1.27. The lowest BCUT2D eigenvalue weighted by Gasteiger charge is -2.23. The first kappa shape index (κ1) is 10.7. The molecule has 2 aliphatic rings. The van der Waals surface area contributed by atoms with E-state index in [9.17, 15) is 4.79 Å². The molecule has 0 aromatic rings. The summed E-state index contributed by atoms with van der Waals surface area (Å²) in [5, 5.41) is 0. The van der Waals surface area contributed by atoms with Crippen LogP contribution in [0, 0.1) is 0 Å². The number of likely N-dealkylation sites (tertiary alicyclic amines) is 1. The van der Waals surface area contributed by atoms with Crippen LogP contribution in [-0.4, -0.2) is 36.6 Å². The Labute approximate surface area is 91.1 Å². The molecule has 0 aromatic heterocycles. The number of esters is 1. The molecule has 0 N–H and O–H groups in total. The second-order valence-corrected chi connectivity index (χ2v) is 4.39. The third-order valence-corrected chi connectivity index (χ3v) is 3.39. The van der Waals surface area contributed by atoms with E-state index in [1.807, 2.05) is 0 Å². The maximum Gasteiger partial charge on any atom is 0.330 e. The molecule has 1 heterocycles. The van der Waals surface area contributed by atoms with Gasteiger partial charge in [0.1, 0.15) is 0 Å². The molecule has 1 unspecified atom stereocenters. The molecular formula is C12H19NO2. The smallest absolute Gasteiger partial charge is 0.330 e. The van der Waals surface area contributed by atoms with Gasteiger partial charge in [0, 0.05) is 24.7 Å². The second-order valence-electron chi connectivity index (χ2n) is 4.39. The van der Waals surface area contributed by atoms with E-state index in [1.54, 1.807) is 6.08 Å². The summed E-state index contributed by atoms with van der Waals surface area (Å²) in [6.45, 7) is 3.31. The number of carbonyl (C=O) groups is 1. The van der Waals surface area contributed by atoms with Gasteiger partial charge in [-0.2, -0.15) is 0 Å². The molecule has 0 spiro atoms. The highest BCUT2D eigenvalue weighted by atomic mass is 16.5. The lowest BCUT2D eigenvalue weighted by molar-refractivity contribution is -0.134. The van der Waals surface area contributed by atoms with Gasteiger partial charge in [0.05, 0.1) is 7.11 Å². The number of hydrogen-bond donors (Lipinski definition) is 0. The van der Waals surface area contributed by atoms with E-state index < -0.39 is 0 Å². The van der Waals surface area contributed by atoms with Crippen molar-refractivity contribution >= 4 is 5.97 Å². The van der Waals surface area contributed by atoms with Crippen LogP contribution in [0.2, 0.25) is 0 Å². The third kappa shape index (κ3) is 2.23. The van der Waals surface area contributed by atoms with Crippen LogP contribution >= 0.6 is 0 Å². The van der Waals surface area contributed by atoms with Gasteiger partial charge in [-0.3, -0.25) is 4.90 Å². The monoisotopic (exact) mass is 209 g/mol. The number of carbonyl (C=O) groups excluding carboxylic acids is 1. The van der Waals surface area contributed by atoms with E-state index in [0.717, 1.165) is 25.4 Å². The first-order valence-electron chi connectivity index (χ1n) is 5.80. The molecule has 3 nitrogen and oxygen atoms in total. The topological polar surface area (TPSA) is 29.5 Å². The fourth-order valence-corrected chi connectivity index (χ4v) is 2.51. The molecule has 0 amide bonds. The van der Waals surface area contributed by atoms with Gasteiger partial charge in [0.15, 0.2) is 0 Å². The quantitative estimate of drug-likeness (QED) is 0.523. The predicted molar refractivity (Wildman–Crippen MR) is 58.5 cm³/mol. The van der Waals surface area contributed by atoms with Gasteiger partial charge in [-0.05, 0) is 31.3 Å². The summed E-state index contributed by atoms with van der Waals surface area (Å²) in [5.74, 6) is -0.207. The Hall–Kier alpha value is -0.830. The number of ether oxygens (including phenoxy) is 1. The SMILES string of the molecule is CCC1/C(=C/C(=O)OC)CCN1C1CC1. The molecule has 1 atom stereocenters. The Morgan fingerprint density at radius 2 is 2.33 bits per heavy atom. The van der Waals surface area contributed by atoms with E-state index in [1.165, 1.54) is 25.5 Å². The summed E-state index contributed by atoms with van der Waals surface area (Å²) >= 11 is 0. The number of methoxy groups -OCH3 is 1. The molecule has 2 fully saturated rings. The zero-order chi connectivity index (χ0) is 10.8. The van der Waals surface area contributed by atoms with Gasteiger partial charge >= 0.3 is 5.97 Å². The Balaban J connectivity index is 2.06. The fourth-order valence-electron chi connectivity index (χ4n) is 2.51. The molecule has 0 radical (unpaired) electrons. The van der Waals surface area contributed by atoms with Gasteiger partial charge in [-0.25, -0.2) is 4.79 Å².